The van der Waals surface area contributed by atoms with Crippen LogP contribution in [0, 0.1) is 0 Å². The van der Waals surface area contributed by atoms with Gasteiger partial charge in [0.2, 0.25) is 83.0 Å². The number of hydrogen-bond donors (Lipinski definition) is 26. The van der Waals surface area contributed by atoms with E-state index < -0.39 is 300 Å². The van der Waals surface area contributed by atoms with E-state index in [-0.39, 0.29) is 16.2 Å². The first-order valence-electron chi connectivity index (χ1n) is 38.0. The highest BCUT2D eigenvalue weighted by molar-refractivity contribution is 9.10. The number of nitrogens with one attached hydrogen (secondary N) is 13. The summed E-state index contributed by atoms with van der Waals surface area (Å²) in [6, 6.07) is -1.43. The summed E-state index contributed by atoms with van der Waals surface area (Å²) < 4.78 is 6.47. The molecule has 0 saturated carbocycles. The molecule has 7 rings (SSSR count). The predicted octanol–water partition coefficient (Wildman–Crippen LogP) is -13.8. The minimum atomic E-state index is -2.78. The largest absolute Gasteiger partial charge is 0.548 e. The van der Waals surface area contributed by atoms with Crippen molar-refractivity contribution in [1.29, 1.82) is 0 Å². The van der Waals surface area contributed by atoms with Crippen LogP contribution in [0.5, 0.6) is 0 Å². The highest BCUT2D eigenvalue weighted by atomic mass is 79.9. The average Bonchev–Trinajstić information content (AvgIpc) is 1.63. The van der Waals surface area contributed by atoms with Crippen LogP contribution in [0.15, 0.2) is 119 Å². The van der Waals surface area contributed by atoms with Gasteiger partial charge in [0.05, 0.1) is 94.7 Å². The zero-order valence-corrected chi connectivity index (χ0v) is 67.0. The number of carbonyl (C=O) groups excluding carboxylic acids is 15. The molecule has 45 heteroatoms. The molecular formula is C76H101BrN16O28. The minimum Gasteiger partial charge on any atom is -0.548 e. The van der Waals surface area contributed by atoms with Gasteiger partial charge in [0.25, 0.3) is 5.91 Å². The van der Waals surface area contributed by atoms with Gasteiger partial charge in [-0.15, -0.1) is 0 Å². The van der Waals surface area contributed by atoms with E-state index in [1.54, 1.807) is 60.7 Å². The Labute approximate surface area is 698 Å². The number of primary amides is 2. The number of nitrogens with two attached hydrogens (primary N) is 2. The molecule has 4 aliphatic heterocycles. The number of aliphatic hydroxyl groups is 11. The fraction of sp³-hybridized carbons (Fsp3) is 0.487. The van der Waals surface area contributed by atoms with E-state index in [2.05, 4.69) is 69.1 Å². The second-order valence-electron chi connectivity index (χ2n) is 29.4. The predicted molar refractivity (Wildman–Crippen MR) is 417 cm³/mol. The molecule has 23 atom stereocenters. The second-order valence-corrected chi connectivity index (χ2v) is 30.3. The number of benzene rings is 3. The van der Waals surface area contributed by atoms with Crippen molar-refractivity contribution in [1.82, 2.24) is 68.7 Å². The summed E-state index contributed by atoms with van der Waals surface area (Å²) in [5.74, 6) is -23.9. The Morgan fingerprint density at radius 3 is 1.77 bits per heavy atom. The summed E-state index contributed by atoms with van der Waals surface area (Å²) >= 11 is 3.28. The first kappa shape index (κ1) is 96.8. The van der Waals surface area contributed by atoms with Crippen molar-refractivity contribution in [2.24, 2.45) is 11.5 Å². The zero-order valence-electron chi connectivity index (χ0n) is 65.4. The maximum Gasteiger partial charge on any atom is 0.251 e. The molecule has 1 saturated heterocycles. The van der Waals surface area contributed by atoms with Gasteiger partial charge in [-0.05, 0) is 49.1 Å². The van der Waals surface area contributed by atoms with Crippen LogP contribution in [-0.4, -0.2) is 317 Å². The quantitative estimate of drug-likeness (QED) is 0.0526. The molecule has 1 fully saturated rings. The topological polar surface area (TPSA) is 715 Å². The number of quaternary nitrogens is 1. The Bertz CT molecular complexity index is 4300. The summed E-state index contributed by atoms with van der Waals surface area (Å²) in [4.78, 5) is 215. The van der Waals surface area contributed by atoms with Gasteiger partial charge in [-0.25, -0.2) is 0 Å². The number of carboxylic acids is 1. The lowest BCUT2D eigenvalue weighted by atomic mass is 9.92. The molecule has 0 radical (unpaired) electrons. The van der Waals surface area contributed by atoms with Crippen LogP contribution in [0.3, 0.4) is 0 Å². The van der Waals surface area contributed by atoms with Crippen LogP contribution in [0.25, 0.3) is 6.08 Å². The Hall–Kier alpha value is -11.3. The fourth-order valence-corrected chi connectivity index (χ4v) is 13.6. The Kier molecular flexibility index (Phi) is 36.3. The van der Waals surface area contributed by atoms with E-state index in [4.69, 9.17) is 16.2 Å². The molecular weight excluding hydrogens is 1660 g/mol. The molecule has 14 amide bonds. The maximum atomic E-state index is 15.4. The molecule has 0 aromatic heterocycles. The Balaban J connectivity index is 1.44. The number of β-amino-alcohol motifs (C(OH)–C–C–N with tert-alkyl or cyclic N) is 1. The monoisotopic (exact) mass is 1760 g/mol. The number of aliphatic hydroxyl groups excluding tert-OH is 11. The number of ether oxygens (including phenoxy) is 1. The fourth-order valence-electron chi connectivity index (χ4n) is 13.3. The van der Waals surface area contributed by atoms with E-state index >= 15 is 9.59 Å². The third kappa shape index (κ3) is 27.9. The summed E-state index contributed by atoms with van der Waals surface area (Å²) in [6.07, 6.45) is -22.1. The van der Waals surface area contributed by atoms with Gasteiger partial charge in [-0.3, -0.25) is 72.0 Å². The van der Waals surface area contributed by atoms with E-state index in [1.807, 2.05) is 10.6 Å². The molecule has 3 aromatic carbocycles. The van der Waals surface area contributed by atoms with Gasteiger partial charge in [0.15, 0.2) is 18.9 Å². The highest BCUT2D eigenvalue weighted by Crippen LogP contribution is 2.25. The van der Waals surface area contributed by atoms with E-state index in [0.29, 0.717) is 21.2 Å². The van der Waals surface area contributed by atoms with E-state index in [0.717, 1.165) is 18.0 Å². The standard InChI is InChI=1S/C76H101BrN16O28/c1-34(14-15-37-10-6-4-7-11-37)20-51(99)43-26-56(103)82-49(30-94)69(113)87-48-29-92-28-41(93(33-92)75-63(107)62(106)60(104)53(32-96)121-75)22-45(66(110)90-58(36(3)97)73(117)88-50(31-95)70(114)84-44(65(109)83-43)21-38-12-8-5-9-13-38)81-55(102)24-42(98)23-47(76(119)120)86-71(115)52(100)27-80-72(116)57(35(2)39-16-18-40(77)19-17-39)89-74(118)59(61(105)64(79)108)91-67(111)46(25-54(78)101)85-68(48)112/h4-20,28,35-36,42-53,57-63,75,94-100,104-107H,21-27,29-33H2,1-3H3,(H2,78,101)(H2,79,108)(H,80,116)(H,81,102)(H,82,103)(H,83,109)(H,84,114)(H,85,112)(H,86,115)(H,87,113)(H,88,117)(H,89,118)(H,90,110)(H,91,111)(H,119,120). The molecule has 3 aromatic rings. The number of amides is 14. The summed E-state index contributed by atoms with van der Waals surface area (Å²) in [7, 11) is 0. The summed E-state index contributed by atoms with van der Waals surface area (Å²) in [6.45, 7) is -2.80. The number of rotatable bonds is 18. The van der Waals surface area contributed by atoms with Crippen molar-refractivity contribution < 1.29 is 143 Å². The molecule has 0 aliphatic carbocycles. The number of hydrogen-bond acceptors (Lipinski definition) is 29. The molecule has 660 valence electrons. The number of allylic oxidation sites excluding steroid dienone is 2. The first-order chi connectivity index (χ1) is 57.2. The number of nitrogens with zero attached hydrogens (tertiary/aromatic N) is 1. The highest BCUT2D eigenvalue weighted by Gasteiger charge is 2.52. The zero-order chi connectivity index (χ0) is 89.4. The number of carbonyl (C=O) groups is 15. The summed E-state index contributed by atoms with van der Waals surface area (Å²) in [5.41, 5.74) is 12.4. The van der Waals surface area contributed by atoms with Gasteiger partial charge in [-0.2, -0.15) is 0 Å². The van der Waals surface area contributed by atoms with Crippen molar-refractivity contribution in [2.45, 2.75) is 193 Å². The molecule has 4 heterocycles. The lowest BCUT2D eigenvalue weighted by Gasteiger charge is -2.42. The van der Waals surface area contributed by atoms with Gasteiger partial charge in [0, 0.05) is 23.2 Å². The van der Waals surface area contributed by atoms with Crippen LogP contribution in [0.1, 0.15) is 75.5 Å². The smallest absolute Gasteiger partial charge is 0.251 e. The molecule has 23 unspecified atom stereocenters. The molecule has 44 nitrogen and oxygen atoms in total. The Morgan fingerprint density at radius 2 is 1.16 bits per heavy atom. The number of halogens is 1. The normalized spacial score (nSPS) is 30.0. The molecule has 0 spiro atoms. The molecule has 4 bridgehead atoms. The van der Waals surface area contributed by atoms with Gasteiger partial charge in [0.1, 0.15) is 84.5 Å². The second kappa shape index (κ2) is 45.4. The van der Waals surface area contributed by atoms with Crippen LogP contribution < -0.4 is 85.3 Å². The molecule has 28 N–H and O–H groups in total. The lowest BCUT2D eigenvalue weighted by molar-refractivity contribution is -0.923. The first-order valence-corrected chi connectivity index (χ1v) is 38.8. The van der Waals surface area contributed by atoms with Crippen molar-refractivity contribution in [2.75, 3.05) is 39.6 Å². The SMILES string of the molecule is CC(C=Cc1ccccc1)=CC(O)C1CC(=O)NC(CO)C(=O)NC2CN3C=C(CC(NC(=O)CC(O)CC(C(=O)[O-])NC(=O)C(O)CNC(=O)C(C(C)c4ccc(Br)cc4)NC(=O)C(C(O)C(N)=O)NC(=O)C(CC(N)=O)NC2=O)C(=O)NC(C(C)O)C(=O)NC(CO)C(=O)NC(Cc2ccccc2)C(=O)N1)[NH+](C1OC(CO)C(O)C(O)C1O)C3. The molecule has 4 aliphatic rings. The van der Waals surface area contributed by atoms with E-state index in [9.17, 15) is 124 Å². The average molecular weight is 1770 g/mol. The van der Waals surface area contributed by atoms with Crippen LogP contribution >= 0.6 is 15.9 Å². The minimum absolute atomic E-state index is 0.258. The maximum absolute atomic E-state index is 15.4. The third-order valence-corrected chi connectivity index (χ3v) is 20.6. The Morgan fingerprint density at radius 1 is 0.595 bits per heavy atom. The van der Waals surface area contributed by atoms with Crippen molar-refractivity contribution in [3.8, 4) is 0 Å². The number of fused-ring (bicyclic) bond motifs is 2. The summed E-state index contributed by atoms with van der Waals surface area (Å²) in [5, 5.41) is 163. The van der Waals surface area contributed by atoms with Crippen molar-refractivity contribution in [3.05, 3.63) is 136 Å². The number of aliphatic carboxylic acids is 1. The third-order valence-electron chi connectivity index (χ3n) is 20.0. The van der Waals surface area contributed by atoms with Crippen LogP contribution in [-0.2, 0) is 83.1 Å². The van der Waals surface area contributed by atoms with Crippen LogP contribution in [0.2, 0.25) is 0 Å². The van der Waals surface area contributed by atoms with Crippen molar-refractivity contribution >= 4 is 111 Å². The van der Waals surface area contributed by atoms with Crippen LogP contribution in [0.4, 0.5) is 0 Å². The van der Waals surface area contributed by atoms with Gasteiger partial charge >= 0.3 is 0 Å². The molecule has 121 heavy (non-hydrogen) atoms. The van der Waals surface area contributed by atoms with Gasteiger partial charge in [-0.1, -0.05) is 119 Å². The lowest BCUT2D eigenvalue weighted by Crippen LogP contribution is -3.16. The number of carboxylic acid groups (broad SMARTS) is 1. The van der Waals surface area contributed by atoms with E-state index in [1.165, 1.54) is 56.3 Å². The van der Waals surface area contributed by atoms with Crippen molar-refractivity contribution in [3.63, 3.8) is 0 Å². The van der Waals surface area contributed by atoms with Gasteiger partial charge < -0.3 is 151 Å².